The van der Waals surface area contributed by atoms with E-state index in [2.05, 4.69) is 21.0 Å². The number of halogens is 1. The van der Waals surface area contributed by atoms with Gasteiger partial charge in [0.2, 0.25) is 0 Å². The first-order valence-corrected chi connectivity index (χ1v) is 8.51. The van der Waals surface area contributed by atoms with Crippen molar-refractivity contribution in [1.82, 2.24) is 9.78 Å². The molecule has 0 bridgehead atoms. The number of methoxy groups -OCH3 is 1. The molecule has 1 heterocycles. The van der Waals surface area contributed by atoms with Crippen LogP contribution in [0.25, 0.3) is 5.69 Å². The quantitative estimate of drug-likeness (QED) is 0.872. The number of carbonyl (C=O) groups is 1. The summed E-state index contributed by atoms with van der Waals surface area (Å²) in [5.74, 6) is -0.356. The second-order valence-corrected chi connectivity index (χ2v) is 6.70. The van der Waals surface area contributed by atoms with Gasteiger partial charge in [-0.1, -0.05) is 18.9 Å². The number of aromatic nitrogens is 2. The molecule has 2 aromatic rings. The van der Waals surface area contributed by atoms with E-state index in [1.807, 2.05) is 30.5 Å². The van der Waals surface area contributed by atoms with Gasteiger partial charge in [-0.3, -0.25) is 4.79 Å². The Hall–Kier alpha value is -1.82. The lowest BCUT2D eigenvalue weighted by Gasteiger charge is -2.27. The van der Waals surface area contributed by atoms with Crippen molar-refractivity contribution in [3.8, 4) is 11.4 Å². The third-order valence-corrected chi connectivity index (χ3v) is 5.06. The number of benzene rings is 1. The van der Waals surface area contributed by atoms with Crippen LogP contribution in [0.4, 0.5) is 0 Å². The van der Waals surface area contributed by atoms with Crippen molar-refractivity contribution in [3.63, 3.8) is 0 Å². The monoisotopic (exact) mass is 378 g/mol. The van der Waals surface area contributed by atoms with E-state index in [9.17, 15) is 9.90 Å². The molecule has 122 valence electrons. The minimum Gasteiger partial charge on any atom is -0.497 e. The predicted octanol–water partition coefficient (Wildman–Crippen LogP) is 4.00. The fourth-order valence-electron chi connectivity index (χ4n) is 3.26. The van der Waals surface area contributed by atoms with Crippen molar-refractivity contribution in [3.05, 3.63) is 40.6 Å². The summed E-state index contributed by atoms with van der Waals surface area (Å²) in [7, 11) is 1.63. The zero-order valence-corrected chi connectivity index (χ0v) is 14.5. The maximum Gasteiger partial charge on any atom is 0.307 e. The van der Waals surface area contributed by atoms with Gasteiger partial charge < -0.3 is 9.84 Å². The molecule has 0 saturated heterocycles. The first kappa shape index (κ1) is 16.1. The molecule has 1 saturated carbocycles. The molecule has 1 fully saturated rings. The second-order valence-electron chi connectivity index (χ2n) is 5.84. The maximum atomic E-state index is 11.5. The third-order valence-electron chi connectivity index (χ3n) is 4.45. The molecule has 5 nitrogen and oxygen atoms in total. The fraction of sp³-hybridized carbons (Fsp3) is 0.412. The summed E-state index contributed by atoms with van der Waals surface area (Å²) in [5.41, 5.74) is 1.72. The number of aliphatic carboxylic acids is 1. The standard InChI is InChI=1S/C17H19BrN2O3/c1-23-12-6-4-5-11(9-12)20-10-15(18)16(19-20)13-7-2-3-8-14(13)17(21)22/h4-6,9-10,13-14H,2-3,7-8H2,1H3,(H,21,22). The van der Waals surface area contributed by atoms with Crippen LogP contribution < -0.4 is 4.74 Å². The lowest BCUT2D eigenvalue weighted by atomic mass is 9.77. The molecule has 1 aliphatic rings. The SMILES string of the molecule is COc1cccc(-n2cc(Br)c(C3CCCCC3C(=O)O)n2)c1. The van der Waals surface area contributed by atoms with E-state index in [1.54, 1.807) is 11.8 Å². The molecule has 0 aliphatic heterocycles. The molecule has 1 aromatic heterocycles. The molecule has 2 unspecified atom stereocenters. The Kier molecular flexibility index (Phi) is 4.71. The van der Waals surface area contributed by atoms with Gasteiger partial charge >= 0.3 is 5.97 Å². The van der Waals surface area contributed by atoms with E-state index in [0.717, 1.165) is 47.3 Å². The Morgan fingerprint density at radius 1 is 1.39 bits per heavy atom. The summed E-state index contributed by atoms with van der Waals surface area (Å²) < 4.78 is 7.88. The minimum absolute atomic E-state index is 0.0394. The predicted molar refractivity (Wildman–Crippen MR) is 90.2 cm³/mol. The number of carboxylic acid groups (broad SMARTS) is 1. The third kappa shape index (κ3) is 3.27. The summed E-state index contributed by atoms with van der Waals surface area (Å²) in [4.78, 5) is 11.5. The smallest absolute Gasteiger partial charge is 0.307 e. The maximum absolute atomic E-state index is 11.5. The zero-order chi connectivity index (χ0) is 16.4. The van der Waals surface area contributed by atoms with Crippen LogP contribution in [0.3, 0.4) is 0 Å². The van der Waals surface area contributed by atoms with Crippen LogP contribution >= 0.6 is 15.9 Å². The number of hydrogen-bond donors (Lipinski definition) is 1. The van der Waals surface area contributed by atoms with Gasteiger partial charge in [0.25, 0.3) is 0 Å². The highest BCUT2D eigenvalue weighted by Gasteiger charge is 2.34. The first-order valence-electron chi connectivity index (χ1n) is 7.72. The summed E-state index contributed by atoms with van der Waals surface area (Å²) in [6, 6.07) is 7.63. The largest absolute Gasteiger partial charge is 0.497 e. The molecular formula is C17H19BrN2O3. The van der Waals surface area contributed by atoms with Crippen molar-refractivity contribution in [2.45, 2.75) is 31.6 Å². The van der Waals surface area contributed by atoms with Crippen molar-refractivity contribution < 1.29 is 14.6 Å². The van der Waals surface area contributed by atoms with Crippen LogP contribution in [0.15, 0.2) is 34.9 Å². The van der Waals surface area contributed by atoms with Crippen LogP contribution in [0, 0.1) is 5.92 Å². The fourth-order valence-corrected chi connectivity index (χ4v) is 3.82. The lowest BCUT2D eigenvalue weighted by Crippen LogP contribution is -2.26. The number of rotatable bonds is 4. The summed E-state index contributed by atoms with van der Waals surface area (Å²) in [6.07, 6.45) is 5.50. The molecule has 1 aromatic carbocycles. The van der Waals surface area contributed by atoms with E-state index in [-0.39, 0.29) is 11.8 Å². The lowest BCUT2D eigenvalue weighted by molar-refractivity contribution is -0.143. The highest BCUT2D eigenvalue weighted by atomic mass is 79.9. The molecule has 1 N–H and O–H groups in total. The van der Waals surface area contributed by atoms with Crippen molar-refractivity contribution in [2.75, 3.05) is 7.11 Å². The zero-order valence-electron chi connectivity index (χ0n) is 12.9. The van der Waals surface area contributed by atoms with Gasteiger partial charge in [0.05, 0.1) is 28.9 Å². The van der Waals surface area contributed by atoms with Crippen LogP contribution in [0.5, 0.6) is 5.75 Å². The Balaban J connectivity index is 1.95. The summed E-state index contributed by atoms with van der Waals surface area (Å²) in [5, 5.41) is 14.1. The Morgan fingerprint density at radius 3 is 2.91 bits per heavy atom. The van der Waals surface area contributed by atoms with Gasteiger partial charge in [-0.2, -0.15) is 5.10 Å². The minimum atomic E-state index is -0.725. The number of nitrogens with zero attached hydrogens (tertiary/aromatic N) is 2. The van der Waals surface area contributed by atoms with Crippen molar-refractivity contribution in [1.29, 1.82) is 0 Å². The number of hydrogen-bond acceptors (Lipinski definition) is 3. The van der Waals surface area contributed by atoms with Crippen LogP contribution in [0.1, 0.15) is 37.3 Å². The molecule has 3 rings (SSSR count). The molecule has 0 spiro atoms. The van der Waals surface area contributed by atoms with Crippen LogP contribution in [-0.4, -0.2) is 28.0 Å². The van der Waals surface area contributed by atoms with Crippen molar-refractivity contribution >= 4 is 21.9 Å². The van der Waals surface area contributed by atoms with Crippen molar-refractivity contribution in [2.24, 2.45) is 5.92 Å². The van der Waals surface area contributed by atoms with Gasteiger partial charge in [-0.15, -0.1) is 0 Å². The van der Waals surface area contributed by atoms with E-state index < -0.39 is 5.97 Å². The van der Waals surface area contributed by atoms with E-state index in [4.69, 9.17) is 4.74 Å². The average molecular weight is 379 g/mol. The van der Waals surface area contributed by atoms with Gasteiger partial charge in [-0.05, 0) is 40.9 Å². The Bertz CT molecular complexity index is 714. The molecule has 23 heavy (non-hydrogen) atoms. The van der Waals surface area contributed by atoms with E-state index in [1.165, 1.54) is 0 Å². The van der Waals surface area contributed by atoms with Gasteiger partial charge in [0, 0.05) is 18.2 Å². The van der Waals surface area contributed by atoms with Gasteiger partial charge in [0.15, 0.2) is 0 Å². The molecule has 6 heteroatoms. The molecule has 1 aliphatic carbocycles. The average Bonchev–Trinajstić information content (AvgIpc) is 2.96. The molecule has 0 radical (unpaired) electrons. The summed E-state index contributed by atoms with van der Waals surface area (Å²) in [6.45, 7) is 0. The Labute approximate surface area is 143 Å². The van der Waals surface area contributed by atoms with E-state index >= 15 is 0 Å². The van der Waals surface area contributed by atoms with Gasteiger partial charge in [-0.25, -0.2) is 4.68 Å². The Morgan fingerprint density at radius 2 is 2.17 bits per heavy atom. The normalized spacial score (nSPS) is 21.1. The second kappa shape index (κ2) is 6.74. The van der Waals surface area contributed by atoms with E-state index in [0.29, 0.717) is 0 Å². The van der Waals surface area contributed by atoms with Crippen LogP contribution in [0.2, 0.25) is 0 Å². The molecule has 0 amide bonds. The first-order chi connectivity index (χ1) is 11.1. The highest BCUT2D eigenvalue weighted by Crippen LogP contribution is 2.40. The molecule has 2 atom stereocenters. The number of carboxylic acids is 1. The topological polar surface area (TPSA) is 64.3 Å². The van der Waals surface area contributed by atoms with Crippen LogP contribution in [-0.2, 0) is 4.79 Å². The summed E-state index contributed by atoms with van der Waals surface area (Å²) >= 11 is 3.55. The number of ether oxygens (including phenoxy) is 1. The van der Waals surface area contributed by atoms with Gasteiger partial charge in [0.1, 0.15) is 5.75 Å². The molecular weight excluding hydrogens is 360 g/mol. The highest BCUT2D eigenvalue weighted by molar-refractivity contribution is 9.10.